The first-order valence-electron chi connectivity index (χ1n) is 6.07. The molecule has 0 aliphatic carbocycles. The van der Waals surface area contributed by atoms with Crippen molar-refractivity contribution >= 4 is 51.2 Å². The first-order valence-corrected chi connectivity index (χ1v) is 8.22. The van der Waals surface area contributed by atoms with Crippen molar-refractivity contribution in [3.8, 4) is 5.75 Å². The van der Waals surface area contributed by atoms with E-state index >= 15 is 0 Å². The third kappa shape index (κ3) is 5.07. The van der Waals surface area contributed by atoms with Gasteiger partial charge in [0.1, 0.15) is 12.4 Å². The van der Waals surface area contributed by atoms with Crippen LogP contribution in [0.25, 0.3) is 0 Å². The summed E-state index contributed by atoms with van der Waals surface area (Å²) in [5, 5.41) is 8.98. The number of rotatable bonds is 7. The Balaban J connectivity index is 2.71. The molecule has 1 aromatic rings. The van der Waals surface area contributed by atoms with E-state index in [1.165, 1.54) is 0 Å². The number of hydrogen-bond donors (Lipinski definition) is 1. The molecule has 0 saturated carbocycles. The number of halogens is 2. The molecule has 4 nitrogen and oxygen atoms in total. The first-order chi connectivity index (χ1) is 8.99. The molecule has 106 valence electrons. The van der Waals surface area contributed by atoms with Crippen molar-refractivity contribution in [2.75, 3.05) is 26.2 Å². The predicted octanol–water partition coefficient (Wildman–Crippen LogP) is 3.31. The molecule has 1 rings (SSSR count). The van der Waals surface area contributed by atoms with Crippen molar-refractivity contribution in [3.05, 3.63) is 24.8 Å². The minimum atomic E-state index is -0.912. The van der Waals surface area contributed by atoms with Gasteiger partial charge in [0, 0.05) is 6.54 Å². The van der Waals surface area contributed by atoms with Gasteiger partial charge in [-0.15, -0.1) is 0 Å². The standard InChI is InChI=1S/C13H17I2NO3/c1-3-16(4-2)5-6-19-12-10(14)7-9(13(17)18)8-11(12)15/h7-8H,3-6H2,1-2H3,(H,17,18). The predicted molar refractivity (Wildman–Crippen MR) is 92.1 cm³/mol. The molecule has 0 fully saturated rings. The number of nitrogens with zero attached hydrogens (tertiary/aromatic N) is 1. The lowest BCUT2D eigenvalue weighted by Crippen LogP contribution is -2.28. The molecular formula is C13H17I2NO3. The fraction of sp³-hybridized carbons (Fsp3) is 0.462. The lowest BCUT2D eigenvalue weighted by Gasteiger charge is -2.19. The van der Waals surface area contributed by atoms with Crippen LogP contribution in [0.5, 0.6) is 5.75 Å². The average molecular weight is 489 g/mol. The fourth-order valence-electron chi connectivity index (χ4n) is 1.64. The van der Waals surface area contributed by atoms with Crippen LogP contribution in [-0.2, 0) is 0 Å². The van der Waals surface area contributed by atoms with Crippen LogP contribution >= 0.6 is 45.2 Å². The summed E-state index contributed by atoms with van der Waals surface area (Å²) >= 11 is 4.23. The number of hydrogen-bond acceptors (Lipinski definition) is 3. The summed E-state index contributed by atoms with van der Waals surface area (Å²) in [7, 11) is 0. The van der Waals surface area contributed by atoms with E-state index in [2.05, 4.69) is 63.9 Å². The van der Waals surface area contributed by atoms with E-state index in [1.807, 2.05) is 0 Å². The minimum absolute atomic E-state index is 0.296. The molecule has 0 bridgehead atoms. The third-order valence-electron chi connectivity index (χ3n) is 2.79. The summed E-state index contributed by atoms with van der Waals surface area (Å²) in [5.74, 6) is -0.135. The van der Waals surface area contributed by atoms with Gasteiger partial charge < -0.3 is 14.7 Å². The molecule has 0 aliphatic heterocycles. The van der Waals surface area contributed by atoms with Crippen molar-refractivity contribution in [1.82, 2.24) is 4.90 Å². The van der Waals surface area contributed by atoms with Crippen LogP contribution in [0.4, 0.5) is 0 Å². The van der Waals surface area contributed by atoms with Crippen molar-refractivity contribution in [2.24, 2.45) is 0 Å². The van der Waals surface area contributed by atoms with Crippen LogP contribution < -0.4 is 4.74 Å². The molecule has 0 unspecified atom stereocenters. The zero-order valence-corrected chi connectivity index (χ0v) is 15.3. The smallest absolute Gasteiger partial charge is 0.335 e. The molecule has 1 N–H and O–H groups in total. The molecule has 0 heterocycles. The number of ether oxygens (including phenoxy) is 1. The van der Waals surface area contributed by atoms with Crippen LogP contribution in [-0.4, -0.2) is 42.2 Å². The van der Waals surface area contributed by atoms with Crippen molar-refractivity contribution in [1.29, 1.82) is 0 Å². The quantitative estimate of drug-likeness (QED) is 0.598. The van der Waals surface area contributed by atoms with Gasteiger partial charge in [-0.1, -0.05) is 13.8 Å². The zero-order valence-electron chi connectivity index (χ0n) is 10.9. The largest absolute Gasteiger partial charge is 0.490 e. The summed E-state index contributed by atoms with van der Waals surface area (Å²) in [4.78, 5) is 13.2. The van der Waals surface area contributed by atoms with Gasteiger partial charge in [0.2, 0.25) is 0 Å². The number of benzene rings is 1. The van der Waals surface area contributed by atoms with Gasteiger partial charge in [-0.05, 0) is 70.4 Å². The molecule has 0 amide bonds. The number of aromatic carboxylic acids is 1. The fourth-order valence-corrected chi connectivity index (χ4v) is 3.72. The van der Waals surface area contributed by atoms with E-state index in [1.54, 1.807) is 12.1 Å². The van der Waals surface area contributed by atoms with Gasteiger partial charge in [0.25, 0.3) is 0 Å². The highest BCUT2D eigenvalue weighted by atomic mass is 127. The van der Waals surface area contributed by atoms with Crippen LogP contribution in [0.3, 0.4) is 0 Å². The second kappa shape index (κ2) is 8.25. The normalized spacial score (nSPS) is 10.8. The summed E-state index contributed by atoms with van der Waals surface area (Å²) in [6.45, 7) is 7.75. The summed E-state index contributed by atoms with van der Waals surface area (Å²) in [5.41, 5.74) is 0.296. The van der Waals surface area contributed by atoms with Crippen molar-refractivity contribution < 1.29 is 14.6 Å². The van der Waals surface area contributed by atoms with Crippen LogP contribution in [0.2, 0.25) is 0 Å². The molecular weight excluding hydrogens is 472 g/mol. The monoisotopic (exact) mass is 489 g/mol. The molecule has 0 radical (unpaired) electrons. The SMILES string of the molecule is CCN(CC)CCOc1c(I)cc(C(=O)O)cc1I. The number of carbonyl (C=O) groups is 1. The van der Waals surface area contributed by atoms with E-state index in [9.17, 15) is 4.79 Å². The topological polar surface area (TPSA) is 49.8 Å². The minimum Gasteiger partial charge on any atom is -0.490 e. The molecule has 19 heavy (non-hydrogen) atoms. The Morgan fingerprint density at radius 3 is 2.21 bits per heavy atom. The van der Waals surface area contributed by atoms with Gasteiger partial charge in [0.05, 0.1) is 12.7 Å². The van der Waals surface area contributed by atoms with E-state index in [4.69, 9.17) is 9.84 Å². The van der Waals surface area contributed by atoms with E-state index < -0.39 is 5.97 Å². The number of carboxylic acids is 1. The van der Waals surface area contributed by atoms with Gasteiger partial charge in [0.15, 0.2) is 0 Å². The molecule has 0 aromatic heterocycles. The van der Waals surface area contributed by atoms with Gasteiger partial charge in [-0.25, -0.2) is 4.79 Å². The van der Waals surface area contributed by atoms with Crippen LogP contribution in [0.15, 0.2) is 12.1 Å². The third-order valence-corrected chi connectivity index (χ3v) is 4.40. The Labute approximate surface area is 140 Å². The first kappa shape index (κ1) is 17.0. The maximum Gasteiger partial charge on any atom is 0.335 e. The lowest BCUT2D eigenvalue weighted by atomic mass is 10.2. The molecule has 1 aromatic carbocycles. The van der Waals surface area contributed by atoms with Gasteiger partial charge >= 0.3 is 5.97 Å². The maximum atomic E-state index is 10.9. The van der Waals surface area contributed by atoms with Crippen molar-refractivity contribution in [3.63, 3.8) is 0 Å². The molecule has 0 aliphatic rings. The highest BCUT2D eigenvalue weighted by Crippen LogP contribution is 2.29. The highest BCUT2D eigenvalue weighted by Gasteiger charge is 2.12. The second-order valence-electron chi connectivity index (χ2n) is 3.95. The molecule has 0 saturated heterocycles. The Morgan fingerprint density at radius 1 is 1.26 bits per heavy atom. The summed E-state index contributed by atoms with van der Waals surface area (Å²) < 4.78 is 7.46. The van der Waals surface area contributed by atoms with E-state index in [0.717, 1.165) is 32.5 Å². The summed E-state index contributed by atoms with van der Waals surface area (Å²) in [6.07, 6.45) is 0. The molecule has 0 spiro atoms. The van der Waals surface area contributed by atoms with Gasteiger partial charge in [-0.2, -0.15) is 0 Å². The second-order valence-corrected chi connectivity index (χ2v) is 6.27. The average Bonchev–Trinajstić information content (AvgIpc) is 2.37. The van der Waals surface area contributed by atoms with Crippen molar-refractivity contribution in [2.45, 2.75) is 13.8 Å². The Hall–Kier alpha value is -0.0900. The van der Waals surface area contributed by atoms with Gasteiger partial charge in [-0.3, -0.25) is 0 Å². The number of likely N-dealkylation sites (N-methyl/N-ethyl adjacent to an activating group) is 1. The maximum absolute atomic E-state index is 10.9. The lowest BCUT2D eigenvalue weighted by molar-refractivity contribution is 0.0696. The van der Waals surface area contributed by atoms with E-state index in [0.29, 0.717) is 12.2 Å². The number of carboxylic acid groups (broad SMARTS) is 1. The molecule has 0 atom stereocenters. The zero-order chi connectivity index (χ0) is 14.4. The van der Waals surface area contributed by atoms with E-state index in [-0.39, 0.29) is 0 Å². The van der Waals surface area contributed by atoms with Crippen LogP contribution in [0.1, 0.15) is 24.2 Å². The Kier molecular flexibility index (Phi) is 7.37. The Bertz CT molecular complexity index is 425. The van der Waals surface area contributed by atoms with Crippen LogP contribution in [0, 0.1) is 7.14 Å². The molecule has 6 heteroatoms. The Morgan fingerprint density at radius 2 is 1.79 bits per heavy atom. The summed E-state index contributed by atoms with van der Waals surface area (Å²) in [6, 6.07) is 3.27. The highest BCUT2D eigenvalue weighted by molar-refractivity contribution is 14.1.